The van der Waals surface area contributed by atoms with Crippen molar-refractivity contribution >= 4 is 17.5 Å². The summed E-state index contributed by atoms with van der Waals surface area (Å²) in [5.74, 6) is 0.407. The van der Waals surface area contributed by atoms with Gasteiger partial charge in [0.05, 0.1) is 18.9 Å². The van der Waals surface area contributed by atoms with E-state index in [1.54, 1.807) is 36.4 Å². The molecule has 0 aliphatic heterocycles. The molecule has 0 radical (unpaired) electrons. The Morgan fingerprint density at radius 1 is 1.04 bits per heavy atom. The van der Waals surface area contributed by atoms with Crippen molar-refractivity contribution in [2.45, 2.75) is 19.9 Å². The number of carbonyl (C=O) groups excluding carboxylic acids is 2. The molecule has 2 amide bonds. The van der Waals surface area contributed by atoms with E-state index in [9.17, 15) is 9.59 Å². The molecule has 2 N–H and O–H groups in total. The standard InChI is InChI=1S/C22H22N2O4/c1-3-27-19-11-9-16(10-12-19)15(2)23-21(25)17-6-4-7-18(14-17)24-22(26)20-8-5-13-28-20/h4-15H,3H2,1-2H3,(H,23,25)(H,24,26). The van der Waals surface area contributed by atoms with E-state index >= 15 is 0 Å². The van der Waals surface area contributed by atoms with E-state index in [1.165, 1.54) is 6.26 Å². The first-order chi connectivity index (χ1) is 13.6. The molecule has 1 heterocycles. The van der Waals surface area contributed by atoms with Gasteiger partial charge in [-0.15, -0.1) is 0 Å². The molecule has 0 aliphatic rings. The fraction of sp³-hybridized carbons (Fsp3) is 0.182. The Hall–Kier alpha value is -3.54. The molecule has 2 aromatic carbocycles. The molecule has 144 valence electrons. The Morgan fingerprint density at radius 3 is 2.50 bits per heavy atom. The number of rotatable bonds is 7. The zero-order chi connectivity index (χ0) is 19.9. The molecule has 6 nitrogen and oxygen atoms in total. The zero-order valence-electron chi connectivity index (χ0n) is 15.8. The van der Waals surface area contributed by atoms with E-state index < -0.39 is 0 Å². The van der Waals surface area contributed by atoms with Crippen molar-refractivity contribution in [2.24, 2.45) is 0 Å². The van der Waals surface area contributed by atoms with Crippen LogP contribution in [0.2, 0.25) is 0 Å². The summed E-state index contributed by atoms with van der Waals surface area (Å²) in [6, 6.07) is 17.4. The first-order valence-electron chi connectivity index (χ1n) is 9.05. The lowest BCUT2D eigenvalue weighted by Crippen LogP contribution is -2.26. The van der Waals surface area contributed by atoms with Gasteiger partial charge in [0.25, 0.3) is 11.8 Å². The summed E-state index contributed by atoms with van der Waals surface area (Å²) in [6.45, 7) is 4.45. The molecular weight excluding hydrogens is 356 g/mol. The Kier molecular flexibility index (Phi) is 6.11. The lowest BCUT2D eigenvalue weighted by molar-refractivity contribution is 0.0938. The Balaban J connectivity index is 1.64. The van der Waals surface area contributed by atoms with Crippen LogP contribution < -0.4 is 15.4 Å². The number of hydrogen-bond acceptors (Lipinski definition) is 4. The summed E-state index contributed by atoms with van der Waals surface area (Å²) < 4.78 is 10.5. The Morgan fingerprint density at radius 2 is 1.82 bits per heavy atom. The molecule has 0 fully saturated rings. The van der Waals surface area contributed by atoms with Gasteiger partial charge in [0.15, 0.2) is 5.76 Å². The van der Waals surface area contributed by atoms with Crippen LogP contribution in [0.4, 0.5) is 5.69 Å². The minimum absolute atomic E-state index is 0.176. The molecule has 0 bridgehead atoms. The van der Waals surface area contributed by atoms with Crippen molar-refractivity contribution in [3.63, 3.8) is 0 Å². The summed E-state index contributed by atoms with van der Waals surface area (Å²) in [5, 5.41) is 5.68. The number of hydrogen-bond donors (Lipinski definition) is 2. The number of amides is 2. The number of anilines is 1. The maximum absolute atomic E-state index is 12.6. The van der Waals surface area contributed by atoms with E-state index in [4.69, 9.17) is 9.15 Å². The zero-order valence-corrected chi connectivity index (χ0v) is 15.8. The molecule has 0 saturated heterocycles. The number of carbonyl (C=O) groups is 2. The Bertz CT molecular complexity index is 933. The maximum atomic E-state index is 12.6. The molecule has 28 heavy (non-hydrogen) atoms. The van der Waals surface area contributed by atoms with Gasteiger partial charge in [-0.1, -0.05) is 18.2 Å². The van der Waals surface area contributed by atoms with Crippen molar-refractivity contribution in [2.75, 3.05) is 11.9 Å². The largest absolute Gasteiger partial charge is 0.494 e. The predicted molar refractivity (Wildman–Crippen MR) is 107 cm³/mol. The van der Waals surface area contributed by atoms with Crippen LogP contribution in [0.3, 0.4) is 0 Å². The van der Waals surface area contributed by atoms with Gasteiger partial charge in [-0.2, -0.15) is 0 Å². The van der Waals surface area contributed by atoms with Gasteiger partial charge < -0.3 is 19.8 Å². The molecule has 0 saturated carbocycles. The van der Waals surface area contributed by atoms with Gasteiger partial charge in [-0.3, -0.25) is 9.59 Å². The van der Waals surface area contributed by atoms with Crippen LogP contribution in [0, 0.1) is 0 Å². The molecule has 3 aromatic rings. The van der Waals surface area contributed by atoms with Crippen LogP contribution in [0.15, 0.2) is 71.3 Å². The molecule has 3 rings (SSSR count). The monoisotopic (exact) mass is 378 g/mol. The van der Waals surface area contributed by atoms with Crippen molar-refractivity contribution in [1.82, 2.24) is 5.32 Å². The van der Waals surface area contributed by atoms with Gasteiger partial charge in [-0.05, 0) is 61.9 Å². The second kappa shape index (κ2) is 8.90. The summed E-state index contributed by atoms with van der Waals surface area (Å²) >= 11 is 0. The van der Waals surface area contributed by atoms with E-state index in [2.05, 4.69) is 10.6 Å². The summed E-state index contributed by atoms with van der Waals surface area (Å²) in [6.07, 6.45) is 1.43. The molecule has 0 aliphatic carbocycles. The van der Waals surface area contributed by atoms with Crippen molar-refractivity contribution in [3.8, 4) is 5.75 Å². The van der Waals surface area contributed by atoms with Crippen LogP contribution in [0.1, 0.15) is 46.4 Å². The van der Waals surface area contributed by atoms with Crippen molar-refractivity contribution in [1.29, 1.82) is 0 Å². The second-order valence-corrected chi connectivity index (χ2v) is 6.21. The molecule has 6 heteroatoms. The normalized spacial score (nSPS) is 11.5. The minimum atomic E-state index is -0.370. The second-order valence-electron chi connectivity index (χ2n) is 6.21. The predicted octanol–water partition coefficient (Wildman–Crippen LogP) is 4.42. The first kappa shape index (κ1) is 19.2. The van der Waals surface area contributed by atoms with Crippen LogP contribution in [0.25, 0.3) is 0 Å². The van der Waals surface area contributed by atoms with E-state index in [-0.39, 0.29) is 23.6 Å². The first-order valence-corrected chi connectivity index (χ1v) is 9.05. The number of benzene rings is 2. The van der Waals surface area contributed by atoms with Gasteiger partial charge in [0, 0.05) is 11.3 Å². The van der Waals surface area contributed by atoms with Crippen LogP contribution >= 0.6 is 0 Å². The van der Waals surface area contributed by atoms with Gasteiger partial charge in [0.2, 0.25) is 0 Å². The smallest absolute Gasteiger partial charge is 0.291 e. The number of nitrogens with one attached hydrogen (secondary N) is 2. The highest BCUT2D eigenvalue weighted by molar-refractivity contribution is 6.03. The van der Waals surface area contributed by atoms with E-state index in [0.29, 0.717) is 17.9 Å². The topological polar surface area (TPSA) is 80.6 Å². The van der Waals surface area contributed by atoms with Gasteiger partial charge in [0.1, 0.15) is 5.75 Å². The lowest BCUT2D eigenvalue weighted by atomic mass is 10.1. The fourth-order valence-electron chi connectivity index (χ4n) is 2.72. The summed E-state index contributed by atoms with van der Waals surface area (Å²) in [5.41, 5.74) is 1.94. The van der Waals surface area contributed by atoms with E-state index in [1.807, 2.05) is 38.1 Å². The number of ether oxygens (including phenoxy) is 1. The molecule has 1 aromatic heterocycles. The molecule has 0 spiro atoms. The highest BCUT2D eigenvalue weighted by Gasteiger charge is 2.14. The van der Waals surface area contributed by atoms with Gasteiger partial charge in [-0.25, -0.2) is 0 Å². The third kappa shape index (κ3) is 4.79. The minimum Gasteiger partial charge on any atom is -0.494 e. The third-order valence-corrected chi connectivity index (χ3v) is 4.17. The van der Waals surface area contributed by atoms with E-state index in [0.717, 1.165) is 11.3 Å². The van der Waals surface area contributed by atoms with Crippen LogP contribution in [-0.2, 0) is 0 Å². The van der Waals surface area contributed by atoms with Crippen LogP contribution in [-0.4, -0.2) is 18.4 Å². The van der Waals surface area contributed by atoms with Crippen molar-refractivity contribution in [3.05, 3.63) is 83.8 Å². The highest BCUT2D eigenvalue weighted by Crippen LogP contribution is 2.19. The Labute approximate surface area is 163 Å². The average Bonchev–Trinajstić information content (AvgIpc) is 3.24. The third-order valence-electron chi connectivity index (χ3n) is 4.17. The summed E-state index contributed by atoms with van der Waals surface area (Å²) in [7, 11) is 0. The van der Waals surface area contributed by atoms with Crippen LogP contribution in [0.5, 0.6) is 5.75 Å². The summed E-state index contributed by atoms with van der Waals surface area (Å²) in [4.78, 5) is 24.7. The average molecular weight is 378 g/mol. The van der Waals surface area contributed by atoms with Gasteiger partial charge >= 0.3 is 0 Å². The molecular formula is C22H22N2O4. The fourth-order valence-corrected chi connectivity index (χ4v) is 2.72. The quantitative estimate of drug-likeness (QED) is 0.638. The van der Waals surface area contributed by atoms with Crippen molar-refractivity contribution < 1.29 is 18.7 Å². The highest BCUT2D eigenvalue weighted by atomic mass is 16.5. The number of furan rings is 1. The molecule has 1 unspecified atom stereocenters. The molecule has 1 atom stereocenters. The lowest BCUT2D eigenvalue weighted by Gasteiger charge is -2.15. The maximum Gasteiger partial charge on any atom is 0.291 e. The SMILES string of the molecule is CCOc1ccc(C(C)NC(=O)c2cccc(NC(=O)c3ccco3)c2)cc1.